The monoisotopic (exact) mass is 635 g/mol. The van der Waals surface area contributed by atoms with Crippen LogP contribution in [0.2, 0.25) is 0 Å². The summed E-state index contributed by atoms with van der Waals surface area (Å²) in [6.07, 6.45) is 9.36. The van der Waals surface area contributed by atoms with Gasteiger partial charge in [-0.25, -0.2) is 0 Å². The van der Waals surface area contributed by atoms with Crippen LogP contribution < -0.4 is 5.32 Å². The van der Waals surface area contributed by atoms with E-state index in [0.29, 0.717) is 58.2 Å². The Labute approximate surface area is 261 Å². The highest BCUT2D eigenvalue weighted by molar-refractivity contribution is 8.00. The molecule has 2 aliphatic heterocycles. The predicted octanol–water partition coefficient (Wildman–Crippen LogP) is 0.440. The molecule has 0 aromatic heterocycles. The minimum atomic E-state index is -0.556. The molecule has 1 N–H and O–H groups in total. The van der Waals surface area contributed by atoms with Crippen molar-refractivity contribution in [3.05, 3.63) is 12.2 Å². The van der Waals surface area contributed by atoms with Crippen LogP contribution in [0.25, 0.3) is 0 Å². The second-order valence-electron chi connectivity index (χ2n) is 9.97. The zero-order chi connectivity index (χ0) is 32.2. The second kappa shape index (κ2) is 21.3. The number of hydrogen-bond acceptors (Lipinski definition) is 11. The number of ketones is 2. The SMILES string of the molecule is C#CCOCCOCCNC(=O)CCSC1CC(=O)N(CCC(=O)CCCOCCCC(=O)CCN2C(=O)C=CC2=O)C1=O. The van der Waals surface area contributed by atoms with Crippen molar-refractivity contribution in [3.8, 4) is 12.3 Å². The fourth-order valence-corrected chi connectivity index (χ4v) is 5.35. The lowest BCUT2D eigenvalue weighted by Crippen LogP contribution is -2.33. The summed E-state index contributed by atoms with van der Waals surface area (Å²) >= 11 is 1.26. The van der Waals surface area contributed by atoms with Crippen LogP contribution in [0, 0.1) is 12.3 Å². The molecule has 0 spiro atoms. The van der Waals surface area contributed by atoms with Gasteiger partial charge in [0, 0.05) is 89.3 Å². The third kappa shape index (κ3) is 14.4. The molecule has 1 saturated heterocycles. The number of amides is 5. The minimum Gasteiger partial charge on any atom is -0.381 e. The first kappa shape index (κ1) is 36.8. The lowest BCUT2D eigenvalue weighted by atomic mass is 10.1. The van der Waals surface area contributed by atoms with E-state index in [0.717, 1.165) is 9.80 Å². The van der Waals surface area contributed by atoms with Crippen molar-refractivity contribution in [1.29, 1.82) is 0 Å². The number of Topliss-reactive ketones (excluding diaryl/α,β-unsaturated/α-hetero) is 2. The molecule has 0 radical (unpaired) electrons. The molecule has 0 aromatic carbocycles. The van der Waals surface area contributed by atoms with Gasteiger partial charge in [-0.3, -0.25) is 43.4 Å². The van der Waals surface area contributed by atoms with E-state index in [1.54, 1.807) is 0 Å². The molecule has 0 aromatic rings. The number of carbonyl (C=O) groups excluding carboxylic acids is 7. The van der Waals surface area contributed by atoms with E-state index in [9.17, 15) is 33.6 Å². The number of thioether (sulfide) groups is 1. The van der Waals surface area contributed by atoms with Crippen LogP contribution in [0.3, 0.4) is 0 Å². The third-order valence-corrected chi connectivity index (χ3v) is 7.80. The largest absolute Gasteiger partial charge is 0.381 e. The van der Waals surface area contributed by atoms with Crippen LogP contribution in [0.5, 0.6) is 0 Å². The molecule has 0 aliphatic carbocycles. The highest BCUT2D eigenvalue weighted by Gasteiger charge is 2.38. The normalized spacial score (nSPS) is 16.2. The van der Waals surface area contributed by atoms with Crippen molar-refractivity contribution < 1.29 is 47.8 Å². The first-order chi connectivity index (χ1) is 21.2. The molecule has 5 amide bonds. The number of carbonyl (C=O) groups is 7. The van der Waals surface area contributed by atoms with Gasteiger partial charge >= 0.3 is 0 Å². The van der Waals surface area contributed by atoms with Crippen LogP contribution in [-0.2, 0) is 47.8 Å². The number of nitrogens with one attached hydrogen (secondary N) is 1. The summed E-state index contributed by atoms with van der Waals surface area (Å²) in [7, 11) is 0. The van der Waals surface area contributed by atoms with E-state index in [-0.39, 0.29) is 87.5 Å². The predicted molar refractivity (Wildman–Crippen MR) is 160 cm³/mol. The van der Waals surface area contributed by atoms with E-state index in [4.69, 9.17) is 20.6 Å². The molecule has 1 atom stereocenters. The molecular formula is C30H41N3O10S. The van der Waals surface area contributed by atoms with Crippen molar-refractivity contribution >= 4 is 52.9 Å². The van der Waals surface area contributed by atoms with Gasteiger partial charge in [-0.1, -0.05) is 5.92 Å². The second-order valence-corrected chi connectivity index (χ2v) is 11.3. The fraction of sp³-hybridized carbons (Fsp3) is 0.633. The minimum absolute atomic E-state index is 0.0372. The Morgan fingerprint density at radius 3 is 2.05 bits per heavy atom. The summed E-state index contributed by atoms with van der Waals surface area (Å²) in [5.41, 5.74) is 0. The topological polar surface area (TPSA) is 166 Å². The number of nitrogens with zero attached hydrogens (tertiary/aromatic N) is 2. The zero-order valence-electron chi connectivity index (χ0n) is 24.9. The molecule has 14 heteroatoms. The molecule has 44 heavy (non-hydrogen) atoms. The first-order valence-corrected chi connectivity index (χ1v) is 15.7. The summed E-state index contributed by atoms with van der Waals surface area (Å²) in [4.78, 5) is 86.3. The van der Waals surface area contributed by atoms with Gasteiger partial charge in [0.05, 0.1) is 25.1 Å². The Morgan fingerprint density at radius 1 is 0.818 bits per heavy atom. The summed E-state index contributed by atoms with van der Waals surface area (Å²) in [5, 5.41) is 2.17. The van der Waals surface area contributed by atoms with E-state index >= 15 is 0 Å². The summed E-state index contributed by atoms with van der Waals surface area (Å²) in [6, 6.07) is 0. The van der Waals surface area contributed by atoms with Gasteiger partial charge in [-0.05, 0) is 12.8 Å². The van der Waals surface area contributed by atoms with Crippen molar-refractivity contribution in [2.75, 3.05) is 65.0 Å². The Hall–Kier alpha value is -3.38. The van der Waals surface area contributed by atoms with Gasteiger partial charge in [0.25, 0.3) is 11.8 Å². The highest BCUT2D eigenvalue weighted by Crippen LogP contribution is 2.26. The maximum absolute atomic E-state index is 12.6. The fourth-order valence-electron chi connectivity index (χ4n) is 4.23. The molecule has 2 rings (SSSR count). The Bertz CT molecular complexity index is 1090. The Kier molecular flexibility index (Phi) is 17.9. The quantitative estimate of drug-likeness (QED) is 0.0841. The molecule has 1 unspecified atom stereocenters. The first-order valence-electron chi connectivity index (χ1n) is 14.7. The van der Waals surface area contributed by atoms with Crippen LogP contribution >= 0.6 is 11.8 Å². The molecule has 13 nitrogen and oxygen atoms in total. The van der Waals surface area contributed by atoms with Gasteiger partial charge < -0.3 is 19.5 Å². The smallest absolute Gasteiger partial charge is 0.253 e. The van der Waals surface area contributed by atoms with Crippen LogP contribution in [-0.4, -0.2) is 121 Å². The molecule has 242 valence electrons. The van der Waals surface area contributed by atoms with Crippen LogP contribution in [0.15, 0.2) is 12.2 Å². The van der Waals surface area contributed by atoms with Gasteiger partial charge in [0.1, 0.15) is 18.2 Å². The number of hydrogen-bond donors (Lipinski definition) is 1. The molecule has 2 heterocycles. The maximum atomic E-state index is 12.6. The van der Waals surface area contributed by atoms with Crippen LogP contribution in [0.4, 0.5) is 0 Å². The Balaban J connectivity index is 1.46. The average Bonchev–Trinajstić information content (AvgIpc) is 3.46. The summed E-state index contributed by atoms with van der Waals surface area (Å²) in [5.74, 6) is 0.949. The van der Waals surface area contributed by atoms with Crippen molar-refractivity contribution in [3.63, 3.8) is 0 Å². The number of imide groups is 2. The van der Waals surface area contributed by atoms with E-state index in [1.807, 2.05) is 0 Å². The lowest BCUT2D eigenvalue weighted by molar-refractivity contribution is -0.139. The highest BCUT2D eigenvalue weighted by atomic mass is 32.2. The van der Waals surface area contributed by atoms with E-state index in [2.05, 4.69) is 11.2 Å². The lowest BCUT2D eigenvalue weighted by Gasteiger charge is -2.14. The van der Waals surface area contributed by atoms with Crippen molar-refractivity contribution in [1.82, 2.24) is 15.1 Å². The average molecular weight is 636 g/mol. The molecule has 2 aliphatic rings. The number of rotatable bonds is 25. The number of terminal acetylenes is 1. The standard InChI is InChI=1S/C30H41N3O10S/c1-2-15-41-19-20-43-18-12-31-26(36)11-21-44-25-22-29(39)33(30(25)40)14-10-24(35)6-4-17-42-16-3-5-23(34)9-13-32-27(37)7-8-28(32)38/h1,7-8,25H,3-6,9-22H2,(H,31,36). The van der Waals surface area contributed by atoms with E-state index in [1.165, 1.54) is 23.9 Å². The molecule has 1 fully saturated rings. The zero-order valence-corrected chi connectivity index (χ0v) is 25.7. The van der Waals surface area contributed by atoms with Crippen LogP contribution in [0.1, 0.15) is 51.4 Å². The van der Waals surface area contributed by atoms with Crippen molar-refractivity contribution in [2.45, 2.75) is 56.6 Å². The van der Waals surface area contributed by atoms with Gasteiger partial charge in [-0.2, -0.15) is 0 Å². The molecule has 0 bridgehead atoms. The molecule has 0 saturated carbocycles. The number of ether oxygens (including phenoxy) is 3. The Morgan fingerprint density at radius 2 is 1.41 bits per heavy atom. The maximum Gasteiger partial charge on any atom is 0.253 e. The van der Waals surface area contributed by atoms with Gasteiger partial charge in [0.2, 0.25) is 17.7 Å². The van der Waals surface area contributed by atoms with E-state index < -0.39 is 17.1 Å². The van der Waals surface area contributed by atoms with Gasteiger partial charge in [0.15, 0.2) is 0 Å². The third-order valence-electron chi connectivity index (χ3n) is 6.59. The van der Waals surface area contributed by atoms with Gasteiger partial charge in [-0.15, -0.1) is 18.2 Å². The van der Waals surface area contributed by atoms with Crippen molar-refractivity contribution in [2.24, 2.45) is 0 Å². The number of likely N-dealkylation sites (tertiary alicyclic amines) is 1. The molecular weight excluding hydrogens is 594 g/mol. The summed E-state index contributed by atoms with van der Waals surface area (Å²) < 4.78 is 15.9. The summed E-state index contributed by atoms with van der Waals surface area (Å²) in [6.45, 7) is 2.47.